The summed E-state index contributed by atoms with van der Waals surface area (Å²) in [6.45, 7) is 5.54. The molecule has 3 aromatic rings. The van der Waals surface area contributed by atoms with Crippen molar-refractivity contribution in [1.82, 2.24) is 4.72 Å². The van der Waals surface area contributed by atoms with Crippen molar-refractivity contribution < 1.29 is 27.5 Å². The molecule has 0 aliphatic heterocycles. The minimum absolute atomic E-state index is 0.0492. The molecule has 0 unspecified atom stereocenters. The number of thiophene rings is 1. The summed E-state index contributed by atoms with van der Waals surface area (Å²) in [5.41, 5.74) is 1.17. The Morgan fingerprint density at radius 2 is 1.88 bits per heavy atom. The summed E-state index contributed by atoms with van der Waals surface area (Å²) >= 11 is 1.29. The molecule has 0 saturated heterocycles. The zero-order chi connectivity index (χ0) is 23.5. The summed E-state index contributed by atoms with van der Waals surface area (Å²) in [5.74, 6) is -0.334. The van der Waals surface area contributed by atoms with Gasteiger partial charge in [0.2, 0.25) is 15.9 Å². The smallest absolute Gasteiger partial charge is 0.348 e. The van der Waals surface area contributed by atoms with E-state index in [4.69, 9.17) is 9.47 Å². The van der Waals surface area contributed by atoms with Crippen molar-refractivity contribution in [2.24, 2.45) is 0 Å². The Labute approximate surface area is 190 Å². The minimum Gasteiger partial charge on any atom is -0.494 e. The van der Waals surface area contributed by atoms with Crippen molar-refractivity contribution in [3.8, 4) is 5.75 Å². The first-order chi connectivity index (χ1) is 15.1. The van der Waals surface area contributed by atoms with Crippen LogP contribution in [0.1, 0.15) is 29.1 Å². The molecule has 8 nitrogen and oxygen atoms in total. The molecule has 2 N–H and O–H groups in total. The van der Waals surface area contributed by atoms with Crippen LogP contribution in [0.5, 0.6) is 5.75 Å². The number of carbonyl (C=O) groups is 2. The fourth-order valence-corrected chi connectivity index (χ4v) is 5.28. The van der Waals surface area contributed by atoms with E-state index in [2.05, 4.69) is 10.0 Å². The predicted octanol–water partition coefficient (Wildman–Crippen LogP) is 3.70. The molecule has 0 fully saturated rings. The summed E-state index contributed by atoms with van der Waals surface area (Å²) in [6.07, 6.45) is 0. The first kappa shape index (κ1) is 23.7. The van der Waals surface area contributed by atoms with Crippen LogP contribution in [0.4, 0.5) is 5.69 Å². The second kappa shape index (κ2) is 9.68. The Morgan fingerprint density at radius 1 is 1.12 bits per heavy atom. The van der Waals surface area contributed by atoms with Crippen LogP contribution in [0, 0.1) is 6.92 Å². The first-order valence-electron chi connectivity index (χ1n) is 9.83. The van der Waals surface area contributed by atoms with Gasteiger partial charge in [-0.1, -0.05) is 0 Å². The van der Waals surface area contributed by atoms with Crippen LogP contribution < -0.4 is 14.8 Å². The number of amides is 1. The Balaban J connectivity index is 1.71. The maximum Gasteiger partial charge on any atom is 0.348 e. The third-order valence-electron chi connectivity index (χ3n) is 4.65. The van der Waals surface area contributed by atoms with Crippen molar-refractivity contribution in [2.45, 2.75) is 31.7 Å². The standard InChI is InChI=1S/C22H24N2O6S2/c1-5-30-18-8-7-17(10-13(18)2)32(27,28)24-14(3)21(25)23-16-6-9-19-15(11-16)12-20(31-19)22(26)29-4/h6-12,14,24H,5H2,1-4H3,(H,23,25)/t14-/m1/s1. The van der Waals surface area contributed by atoms with E-state index in [9.17, 15) is 18.0 Å². The summed E-state index contributed by atoms with van der Waals surface area (Å²) < 4.78 is 38.9. The molecule has 1 atom stereocenters. The molecule has 0 aliphatic carbocycles. The van der Waals surface area contributed by atoms with Crippen molar-refractivity contribution in [2.75, 3.05) is 19.0 Å². The van der Waals surface area contributed by atoms with Crippen LogP contribution in [-0.2, 0) is 19.6 Å². The monoisotopic (exact) mass is 476 g/mol. The van der Waals surface area contributed by atoms with E-state index in [1.54, 1.807) is 37.3 Å². The number of anilines is 1. The van der Waals surface area contributed by atoms with Gasteiger partial charge in [-0.05, 0) is 74.2 Å². The molecule has 0 aliphatic rings. The van der Waals surface area contributed by atoms with Crippen molar-refractivity contribution in [1.29, 1.82) is 0 Å². The number of hydrogen-bond acceptors (Lipinski definition) is 7. The number of esters is 1. The molecule has 0 radical (unpaired) electrons. The molecule has 0 spiro atoms. The summed E-state index contributed by atoms with van der Waals surface area (Å²) in [6, 6.07) is 10.4. The van der Waals surface area contributed by atoms with Crippen LogP contribution in [0.3, 0.4) is 0 Å². The Kier molecular flexibility index (Phi) is 7.17. The van der Waals surface area contributed by atoms with Crippen LogP contribution >= 0.6 is 11.3 Å². The SMILES string of the molecule is CCOc1ccc(S(=O)(=O)N[C@H](C)C(=O)Nc2ccc3sc(C(=O)OC)cc3c2)cc1C. The lowest BCUT2D eigenvalue weighted by molar-refractivity contribution is -0.117. The van der Waals surface area contributed by atoms with Crippen LogP contribution in [-0.4, -0.2) is 40.1 Å². The maximum atomic E-state index is 12.7. The molecular weight excluding hydrogens is 452 g/mol. The van der Waals surface area contributed by atoms with Crippen LogP contribution in [0.25, 0.3) is 10.1 Å². The highest BCUT2D eigenvalue weighted by atomic mass is 32.2. The number of methoxy groups -OCH3 is 1. The summed E-state index contributed by atoms with van der Waals surface area (Å²) in [7, 11) is -2.60. The van der Waals surface area contributed by atoms with Crippen molar-refractivity contribution >= 4 is 49.0 Å². The normalized spacial score (nSPS) is 12.4. The number of ether oxygens (including phenoxy) is 2. The fourth-order valence-electron chi connectivity index (χ4n) is 3.03. The van der Waals surface area contributed by atoms with E-state index in [1.807, 2.05) is 6.92 Å². The molecule has 2 aromatic carbocycles. The Hall–Kier alpha value is -2.95. The zero-order valence-corrected chi connectivity index (χ0v) is 19.7. The highest BCUT2D eigenvalue weighted by molar-refractivity contribution is 7.89. The van der Waals surface area contributed by atoms with E-state index in [0.717, 1.165) is 10.1 Å². The van der Waals surface area contributed by atoms with Crippen LogP contribution in [0.2, 0.25) is 0 Å². The van der Waals surface area contributed by atoms with Crippen molar-refractivity contribution in [3.63, 3.8) is 0 Å². The predicted molar refractivity (Wildman–Crippen MR) is 124 cm³/mol. The number of rotatable bonds is 8. The molecule has 0 saturated carbocycles. The van der Waals surface area contributed by atoms with E-state index in [0.29, 0.717) is 28.5 Å². The molecular formula is C22H24N2O6S2. The highest BCUT2D eigenvalue weighted by Gasteiger charge is 2.23. The maximum absolute atomic E-state index is 12.7. The molecule has 0 bridgehead atoms. The topological polar surface area (TPSA) is 111 Å². The zero-order valence-electron chi connectivity index (χ0n) is 18.1. The third kappa shape index (κ3) is 5.26. The van der Waals surface area contributed by atoms with Gasteiger partial charge in [-0.25, -0.2) is 13.2 Å². The largest absolute Gasteiger partial charge is 0.494 e. The number of hydrogen-bond donors (Lipinski definition) is 2. The number of sulfonamides is 1. The minimum atomic E-state index is -3.91. The molecule has 10 heteroatoms. The second-order valence-corrected chi connectivity index (χ2v) is 9.85. The number of aryl methyl sites for hydroxylation is 1. The van der Waals surface area contributed by atoms with Crippen LogP contribution in [0.15, 0.2) is 47.4 Å². The third-order valence-corrected chi connectivity index (χ3v) is 7.29. The van der Waals surface area contributed by atoms with Gasteiger partial charge in [0.25, 0.3) is 0 Å². The van der Waals surface area contributed by atoms with Gasteiger partial charge in [0.1, 0.15) is 10.6 Å². The van der Waals surface area contributed by atoms with Gasteiger partial charge in [-0.2, -0.15) is 4.72 Å². The fraction of sp³-hybridized carbons (Fsp3) is 0.273. The molecule has 1 aromatic heterocycles. The van der Waals surface area contributed by atoms with Gasteiger partial charge < -0.3 is 14.8 Å². The number of carbonyl (C=O) groups excluding carboxylic acids is 2. The van der Waals surface area contributed by atoms with E-state index in [-0.39, 0.29) is 4.90 Å². The van der Waals surface area contributed by atoms with Gasteiger partial charge in [0.15, 0.2) is 0 Å². The van der Waals surface area contributed by atoms with Gasteiger partial charge >= 0.3 is 5.97 Å². The molecule has 1 amide bonds. The lowest BCUT2D eigenvalue weighted by atomic mass is 10.2. The molecule has 170 valence electrons. The molecule has 3 rings (SSSR count). The quantitative estimate of drug-likeness (QED) is 0.480. The average molecular weight is 477 g/mol. The lowest BCUT2D eigenvalue weighted by Gasteiger charge is -2.15. The number of fused-ring (bicyclic) bond motifs is 1. The summed E-state index contributed by atoms with van der Waals surface area (Å²) in [5, 5.41) is 3.47. The first-order valence-corrected chi connectivity index (χ1v) is 12.1. The Morgan fingerprint density at radius 3 is 2.53 bits per heavy atom. The van der Waals surface area contributed by atoms with Crippen molar-refractivity contribution in [3.05, 3.63) is 52.9 Å². The molecule has 1 heterocycles. The highest BCUT2D eigenvalue weighted by Crippen LogP contribution is 2.29. The summed E-state index contributed by atoms with van der Waals surface area (Å²) in [4.78, 5) is 24.8. The van der Waals surface area contributed by atoms with Gasteiger partial charge in [0.05, 0.1) is 24.7 Å². The van der Waals surface area contributed by atoms with E-state index >= 15 is 0 Å². The number of nitrogens with one attached hydrogen (secondary N) is 2. The van der Waals surface area contributed by atoms with E-state index in [1.165, 1.54) is 37.5 Å². The average Bonchev–Trinajstić information content (AvgIpc) is 3.17. The Bertz CT molecular complexity index is 1270. The molecule has 32 heavy (non-hydrogen) atoms. The number of benzene rings is 2. The van der Waals surface area contributed by atoms with Gasteiger partial charge in [0, 0.05) is 10.4 Å². The van der Waals surface area contributed by atoms with Gasteiger partial charge in [-0.3, -0.25) is 4.79 Å². The van der Waals surface area contributed by atoms with Gasteiger partial charge in [-0.15, -0.1) is 11.3 Å². The lowest BCUT2D eigenvalue weighted by Crippen LogP contribution is -2.41. The van der Waals surface area contributed by atoms with E-state index < -0.39 is 27.9 Å². The second-order valence-electron chi connectivity index (χ2n) is 7.05.